The Morgan fingerprint density at radius 1 is 1.26 bits per heavy atom. The summed E-state index contributed by atoms with van der Waals surface area (Å²) in [6.45, 7) is 11.1. The van der Waals surface area contributed by atoms with Crippen LogP contribution < -0.4 is 0 Å². The topological polar surface area (TPSA) is 84.7 Å². The number of carboxylic acid groups (broad SMARTS) is 1. The molecule has 0 radical (unpaired) electrons. The Bertz CT molecular complexity index is 593. The molecule has 1 atom stereocenters. The molecule has 1 aromatic rings. The summed E-state index contributed by atoms with van der Waals surface area (Å²) in [5.74, 6) is -1.13. The van der Waals surface area contributed by atoms with Crippen molar-refractivity contribution in [1.29, 1.82) is 0 Å². The molecule has 0 bridgehead atoms. The van der Waals surface area contributed by atoms with Crippen LogP contribution in [0.4, 0.5) is 4.79 Å². The maximum absolute atomic E-state index is 12.3. The van der Waals surface area contributed by atoms with Gasteiger partial charge in [0.25, 0.3) is 0 Å². The first-order chi connectivity index (χ1) is 10.2. The molecule has 1 heterocycles. The van der Waals surface area contributed by atoms with Crippen LogP contribution in [0.3, 0.4) is 0 Å². The van der Waals surface area contributed by atoms with Gasteiger partial charge >= 0.3 is 12.1 Å². The number of likely N-dealkylation sites (N-methyl/N-ethyl adjacent to an activating group) is 1. The van der Waals surface area contributed by atoms with Gasteiger partial charge in [0.1, 0.15) is 5.60 Å². The standard InChI is InChI=1S/C16H27N3O4/c1-15(2,3)12-10(9-18(7)17-12)11(13(20)21)19(8)14(22)23-16(4,5)6/h9,11H,1-8H3,(H,20,21). The number of aromatic nitrogens is 2. The highest BCUT2D eigenvalue weighted by Gasteiger charge is 2.36. The van der Waals surface area contributed by atoms with Gasteiger partial charge < -0.3 is 9.84 Å². The van der Waals surface area contributed by atoms with Gasteiger partial charge in [0.05, 0.1) is 5.69 Å². The number of hydrogen-bond donors (Lipinski definition) is 1. The van der Waals surface area contributed by atoms with Gasteiger partial charge in [0, 0.05) is 31.3 Å². The Morgan fingerprint density at radius 2 is 1.78 bits per heavy atom. The average Bonchev–Trinajstić information content (AvgIpc) is 2.68. The molecule has 0 aromatic carbocycles. The number of rotatable bonds is 3. The van der Waals surface area contributed by atoms with Gasteiger partial charge in [-0.3, -0.25) is 9.58 Å². The fourth-order valence-electron chi connectivity index (χ4n) is 2.24. The van der Waals surface area contributed by atoms with Crippen LogP contribution in [0.2, 0.25) is 0 Å². The van der Waals surface area contributed by atoms with E-state index in [0.29, 0.717) is 11.3 Å². The molecule has 1 rings (SSSR count). The summed E-state index contributed by atoms with van der Waals surface area (Å²) in [5.41, 5.74) is 0.0820. The predicted octanol–water partition coefficient (Wildman–Crippen LogP) is 2.71. The number of amides is 1. The van der Waals surface area contributed by atoms with Crippen molar-refractivity contribution in [2.75, 3.05) is 7.05 Å². The normalized spacial score (nSPS) is 13.6. The molecule has 23 heavy (non-hydrogen) atoms. The SMILES string of the molecule is CN(C(=O)OC(C)(C)C)C(C(=O)O)c1cn(C)nc1C(C)(C)C. The Balaban J connectivity index is 3.28. The Labute approximate surface area is 137 Å². The molecule has 0 aliphatic rings. The minimum atomic E-state index is -1.16. The minimum absolute atomic E-state index is 0.348. The van der Waals surface area contributed by atoms with Gasteiger partial charge in [0.15, 0.2) is 6.04 Å². The molecule has 1 unspecified atom stereocenters. The van der Waals surface area contributed by atoms with E-state index in [4.69, 9.17) is 4.74 Å². The van der Waals surface area contributed by atoms with Gasteiger partial charge in [-0.15, -0.1) is 0 Å². The van der Waals surface area contributed by atoms with E-state index in [1.165, 1.54) is 7.05 Å². The summed E-state index contributed by atoms with van der Waals surface area (Å²) in [6.07, 6.45) is 0.953. The molecule has 0 saturated carbocycles. The van der Waals surface area contributed by atoms with Crippen molar-refractivity contribution in [1.82, 2.24) is 14.7 Å². The highest BCUT2D eigenvalue weighted by atomic mass is 16.6. The number of aliphatic carboxylic acids is 1. The zero-order valence-corrected chi connectivity index (χ0v) is 15.2. The van der Waals surface area contributed by atoms with Crippen molar-refractivity contribution in [3.63, 3.8) is 0 Å². The van der Waals surface area contributed by atoms with E-state index in [1.54, 1.807) is 38.7 Å². The molecule has 0 saturated heterocycles. The number of nitrogens with zero attached hydrogens (tertiary/aromatic N) is 3. The smallest absolute Gasteiger partial charge is 0.411 e. The second-order valence-corrected chi connectivity index (χ2v) is 7.69. The van der Waals surface area contributed by atoms with Gasteiger partial charge in [0.2, 0.25) is 0 Å². The molecule has 130 valence electrons. The van der Waals surface area contributed by atoms with Gasteiger partial charge in [-0.25, -0.2) is 9.59 Å². The first-order valence-corrected chi connectivity index (χ1v) is 7.46. The van der Waals surface area contributed by atoms with Crippen LogP contribution in [0.15, 0.2) is 6.20 Å². The summed E-state index contributed by atoms with van der Waals surface area (Å²) in [6, 6.07) is -1.16. The molecule has 0 spiro atoms. The zero-order chi connectivity index (χ0) is 18.2. The molecule has 1 aromatic heterocycles. The van der Waals surface area contributed by atoms with Crippen LogP contribution in [-0.2, 0) is 22.0 Å². The van der Waals surface area contributed by atoms with E-state index in [9.17, 15) is 14.7 Å². The summed E-state index contributed by atoms with van der Waals surface area (Å²) in [4.78, 5) is 25.2. The monoisotopic (exact) mass is 325 g/mol. The van der Waals surface area contributed by atoms with Crippen molar-refractivity contribution in [2.24, 2.45) is 7.05 Å². The Hall–Kier alpha value is -2.05. The average molecular weight is 325 g/mol. The quantitative estimate of drug-likeness (QED) is 0.923. The van der Waals surface area contributed by atoms with Crippen molar-refractivity contribution in [3.8, 4) is 0 Å². The van der Waals surface area contributed by atoms with Crippen LogP contribution in [0.25, 0.3) is 0 Å². The lowest BCUT2D eigenvalue weighted by Gasteiger charge is -2.29. The van der Waals surface area contributed by atoms with Crippen LogP contribution in [0.1, 0.15) is 58.8 Å². The third-order valence-corrected chi connectivity index (χ3v) is 3.16. The third-order valence-electron chi connectivity index (χ3n) is 3.16. The summed E-state index contributed by atoms with van der Waals surface area (Å²) >= 11 is 0. The lowest BCUT2D eigenvalue weighted by Crippen LogP contribution is -2.40. The lowest BCUT2D eigenvalue weighted by atomic mass is 9.87. The van der Waals surface area contributed by atoms with Crippen LogP contribution in [0, 0.1) is 0 Å². The first-order valence-electron chi connectivity index (χ1n) is 7.46. The Kier molecular flexibility index (Phi) is 5.13. The van der Waals surface area contributed by atoms with Crippen molar-refractivity contribution in [2.45, 2.75) is 58.6 Å². The van der Waals surface area contributed by atoms with Gasteiger partial charge in [-0.1, -0.05) is 20.8 Å². The van der Waals surface area contributed by atoms with Crippen LogP contribution >= 0.6 is 0 Å². The van der Waals surface area contributed by atoms with E-state index >= 15 is 0 Å². The van der Waals surface area contributed by atoms with E-state index < -0.39 is 23.7 Å². The van der Waals surface area contributed by atoms with Crippen LogP contribution in [0.5, 0.6) is 0 Å². The molecule has 1 amide bonds. The van der Waals surface area contributed by atoms with Crippen LogP contribution in [-0.4, -0.2) is 44.5 Å². The number of ether oxygens (including phenoxy) is 1. The lowest BCUT2D eigenvalue weighted by molar-refractivity contribution is -0.143. The molecule has 0 aliphatic carbocycles. The van der Waals surface area contributed by atoms with E-state index in [0.717, 1.165) is 4.90 Å². The largest absolute Gasteiger partial charge is 0.479 e. The van der Waals surface area contributed by atoms with Crippen molar-refractivity contribution >= 4 is 12.1 Å². The minimum Gasteiger partial charge on any atom is -0.479 e. The number of carbonyl (C=O) groups excluding carboxylic acids is 1. The predicted molar refractivity (Wildman–Crippen MR) is 86.3 cm³/mol. The summed E-state index contributed by atoms with van der Waals surface area (Å²) < 4.78 is 6.85. The maximum Gasteiger partial charge on any atom is 0.411 e. The molecule has 0 aliphatic heterocycles. The van der Waals surface area contributed by atoms with Gasteiger partial charge in [-0.05, 0) is 20.8 Å². The molecule has 0 fully saturated rings. The van der Waals surface area contributed by atoms with E-state index in [-0.39, 0.29) is 5.41 Å². The third kappa shape index (κ3) is 4.71. The maximum atomic E-state index is 12.3. The van der Waals surface area contributed by atoms with E-state index in [1.807, 2.05) is 20.8 Å². The summed E-state index contributed by atoms with van der Waals surface area (Å²) in [7, 11) is 3.15. The molecular weight excluding hydrogens is 298 g/mol. The Morgan fingerprint density at radius 3 is 2.17 bits per heavy atom. The number of carbonyl (C=O) groups is 2. The fraction of sp³-hybridized carbons (Fsp3) is 0.688. The molecular formula is C16H27N3O4. The van der Waals surface area contributed by atoms with Gasteiger partial charge in [-0.2, -0.15) is 5.10 Å². The highest BCUT2D eigenvalue weighted by Crippen LogP contribution is 2.31. The molecule has 7 nitrogen and oxygen atoms in total. The van der Waals surface area contributed by atoms with E-state index in [2.05, 4.69) is 5.10 Å². The second kappa shape index (κ2) is 6.22. The highest BCUT2D eigenvalue weighted by molar-refractivity contribution is 5.81. The molecule has 1 N–H and O–H groups in total. The zero-order valence-electron chi connectivity index (χ0n) is 15.2. The summed E-state index contributed by atoms with van der Waals surface area (Å²) in [5, 5.41) is 14.0. The second-order valence-electron chi connectivity index (χ2n) is 7.69. The number of carboxylic acids is 1. The van der Waals surface area contributed by atoms with Crippen molar-refractivity contribution in [3.05, 3.63) is 17.5 Å². The fourth-order valence-corrected chi connectivity index (χ4v) is 2.24. The first kappa shape index (κ1) is 19.0. The number of aryl methyl sites for hydroxylation is 1. The number of hydrogen-bond acceptors (Lipinski definition) is 4. The van der Waals surface area contributed by atoms with Crippen molar-refractivity contribution < 1.29 is 19.4 Å². The molecule has 7 heteroatoms.